The van der Waals surface area contributed by atoms with Gasteiger partial charge in [-0.25, -0.2) is 17.9 Å². The van der Waals surface area contributed by atoms with E-state index in [4.69, 9.17) is 4.74 Å². The third kappa shape index (κ3) is 8.36. The molecule has 180 valence electrons. The third-order valence-corrected chi connectivity index (χ3v) is 5.95. The maximum atomic E-state index is 12.7. The summed E-state index contributed by atoms with van der Waals surface area (Å²) in [6.45, 7) is 0.341. The predicted molar refractivity (Wildman–Crippen MR) is 128 cm³/mol. The highest BCUT2D eigenvalue weighted by molar-refractivity contribution is 7.90. The van der Waals surface area contributed by atoms with Gasteiger partial charge in [-0.3, -0.25) is 4.79 Å². The summed E-state index contributed by atoms with van der Waals surface area (Å²) >= 11 is 0. The number of rotatable bonds is 11. The Morgan fingerprint density at radius 1 is 1.03 bits per heavy atom. The number of benzene rings is 2. The Kier molecular flexibility index (Phi) is 8.80. The minimum atomic E-state index is -3.31. The number of carbonyl (C=O) groups excluding carboxylic acids is 2. The molecule has 3 aromatic rings. The molecule has 9 nitrogen and oxygen atoms in total. The minimum Gasteiger partial charge on any atom is -0.445 e. The molecule has 34 heavy (non-hydrogen) atoms. The van der Waals surface area contributed by atoms with E-state index in [0.29, 0.717) is 13.0 Å². The van der Waals surface area contributed by atoms with Crippen molar-refractivity contribution in [2.75, 3.05) is 18.6 Å². The third-order valence-electron chi connectivity index (χ3n) is 4.97. The van der Waals surface area contributed by atoms with Crippen molar-refractivity contribution in [2.45, 2.75) is 25.5 Å². The predicted octanol–water partition coefficient (Wildman–Crippen LogP) is 2.26. The zero-order chi connectivity index (χ0) is 24.4. The molecule has 0 aliphatic heterocycles. The molecule has 2 N–H and O–H groups in total. The Balaban J connectivity index is 1.52. The van der Waals surface area contributed by atoms with E-state index in [1.807, 2.05) is 54.7 Å². The van der Waals surface area contributed by atoms with E-state index in [2.05, 4.69) is 15.7 Å². The first-order valence-corrected chi connectivity index (χ1v) is 12.9. The fourth-order valence-corrected chi connectivity index (χ4v) is 3.84. The Morgan fingerprint density at radius 2 is 1.71 bits per heavy atom. The van der Waals surface area contributed by atoms with Gasteiger partial charge in [0, 0.05) is 19.0 Å². The number of nitrogens with one attached hydrogen (secondary N) is 2. The van der Waals surface area contributed by atoms with Crippen molar-refractivity contribution >= 4 is 21.8 Å². The smallest absolute Gasteiger partial charge is 0.408 e. The van der Waals surface area contributed by atoms with Crippen molar-refractivity contribution in [3.63, 3.8) is 0 Å². The molecule has 10 heteroatoms. The molecule has 0 aliphatic rings. The van der Waals surface area contributed by atoms with Crippen molar-refractivity contribution in [2.24, 2.45) is 0 Å². The van der Waals surface area contributed by atoms with Crippen molar-refractivity contribution in [3.05, 3.63) is 84.2 Å². The highest BCUT2D eigenvalue weighted by Gasteiger charge is 2.23. The van der Waals surface area contributed by atoms with E-state index in [1.165, 1.54) is 0 Å². The van der Waals surface area contributed by atoms with Crippen molar-refractivity contribution in [1.82, 2.24) is 20.4 Å². The number of para-hydroxylation sites is 1. The van der Waals surface area contributed by atoms with E-state index < -0.39 is 27.9 Å². The molecule has 0 aliphatic carbocycles. The second-order valence-corrected chi connectivity index (χ2v) is 10.1. The second-order valence-electron chi connectivity index (χ2n) is 7.85. The summed E-state index contributed by atoms with van der Waals surface area (Å²) in [5.74, 6) is -0.718. The number of hydrogen-bond acceptors (Lipinski definition) is 6. The molecule has 1 unspecified atom stereocenters. The summed E-state index contributed by atoms with van der Waals surface area (Å²) in [6, 6.07) is 17.7. The van der Waals surface area contributed by atoms with Gasteiger partial charge in [-0.05, 0) is 36.1 Å². The molecule has 1 heterocycles. The summed E-state index contributed by atoms with van der Waals surface area (Å²) in [5, 5.41) is 9.56. The van der Waals surface area contributed by atoms with Crippen LogP contribution in [-0.4, -0.2) is 54.8 Å². The summed E-state index contributed by atoms with van der Waals surface area (Å²) in [4.78, 5) is 24.9. The molecular weight excluding hydrogens is 456 g/mol. The Morgan fingerprint density at radius 3 is 2.38 bits per heavy atom. The maximum absolute atomic E-state index is 12.7. The van der Waals surface area contributed by atoms with Crippen LogP contribution in [0.3, 0.4) is 0 Å². The second kappa shape index (κ2) is 12.0. The van der Waals surface area contributed by atoms with Gasteiger partial charge in [-0.2, -0.15) is 5.10 Å². The fraction of sp³-hybridized carbons (Fsp3) is 0.292. The summed E-state index contributed by atoms with van der Waals surface area (Å²) in [7, 11) is -3.31. The number of sulfone groups is 1. The molecule has 1 aromatic heterocycles. The molecule has 1 atom stereocenters. The van der Waals surface area contributed by atoms with Gasteiger partial charge in [0.1, 0.15) is 22.5 Å². The standard InChI is InChI=1S/C24H28N4O5S/c1-34(31,32)15-13-22(27-24(30)33-18-19-8-4-2-5-9-19)23(29)25-14-12-20-16-26-28(17-20)21-10-6-3-7-11-21/h2-11,16-17,22H,12-15,18H2,1H3,(H,25,29)(H,27,30). The van der Waals surface area contributed by atoms with Crippen LogP contribution in [-0.2, 0) is 32.4 Å². The topological polar surface area (TPSA) is 119 Å². The number of nitrogens with zero attached hydrogens (tertiary/aromatic N) is 2. The lowest BCUT2D eigenvalue weighted by Crippen LogP contribution is -2.48. The fourth-order valence-electron chi connectivity index (χ4n) is 3.17. The lowest BCUT2D eigenvalue weighted by molar-refractivity contribution is -0.123. The number of alkyl carbamates (subject to hydrolysis) is 1. The highest BCUT2D eigenvalue weighted by Crippen LogP contribution is 2.08. The first kappa shape index (κ1) is 25.0. The summed E-state index contributed by atoms with van der Waals surface area (Å²) in [6.07, 6.45) is 4.36. The molecule has 0 bridgehead atoms. The van der Waals surface area contributed by atoms with Crippen LogP contribution in [0.15, 0.2) is 73.1 Å². The van der Waals surface area contributed by atoms with E-state index in [1.54, 1.807) is 23.0 Å². The average Bonchev–Trinajstić information content (AvgIpc) is 3.30. The van der Waals surface area contributed by atoms with Gasteiger partial charge < -0.3 is 15.4 Å². The molecule has 0 saturated carbocycles. The molecule has 0 spiro atoms. The van der Waals surface area contributed by atoms with Crippen LogP contribution in [0.25, 0.3) is 5.69 Å². The van der Waals surface area contributed by atoms with Crippen LogP contribution in [0.4, 0.5) is 4.79 Å². The molecule has 3 rings (SSSR count). The van der Waals surface area contributed by atoms with Crippen LogP contribution in [0.1, 0.15) is 17.5 Å². The van der Waals surface area contributed by atoms with E-state index in [0.717, 1.165) is 23.1 Å². The van der Waals surface area contributed by atoms with Crippen LogP contribution in [0.5, 0.6) is 0 Å². The Labute approximate surface area is 199 Å². The van der Waals surface area contributed by atoms with Gasteiger partial charge in [0.05, 0.1) is 17.6 Å². The van der Waals surface area contributed by atoms with Crippen molar-refractivity contribution < 1.29 is 22.7 Å². The van der Waals surface area contributed by atoms with Crippen LogP contribution >= 0.6 is 0 Å². The average molecular weight is 485 g/mol. The van der Waals surface area contributed by atoms with Crippen molar-refractivity contribution in [1.29, 1.82) is 0 Å². The molecule has 2 aromatic carbocycles. The van der Waals surface area contributed by atoms with Crippen LogP contribution in [0, 0.1) is 0 Å². The van der Waals surface area contributed by atoms with Crippen LogP contribution < -0.4 is 10.6 Å². The zero-order valence-electron chi connectivity index (χ0n) is 18.9. The van der Waals surface area contributed by atoms with E-state index >= 15 is 0 Å². The largest absolute Gasteiger partial charge is 0.445 e. The lowest BCUT2D eigenvalue weighted by Gasteiger charge is -2.18. The molecule has 0 saturated heterocycles. The molecule has 0 radical (unpaired) electrons. The van der Waals surface area contributed by atoms with Gasteiger partial charge in [0.15, 0.2) is 0 Å². The lowest BCUT2D eigenvalue weighted by atomic mass is 10.2. The molecule has 0 fully saturated rings. The van der Waals surface area contributed by atoms with Crippen LogP contribution in [0.2, 0.25) is 0 Å². The zero-order valence-corrected chi connectivity index (χ0v) is 19.7. The normalized spacial score (nSPS) is 12.0. The van der Waals surface area contributed by atoms with Crippen molar-refractivity contribution in [3.8, 4) is 5.69 Å². The quantitative estimate of drug-likeness (QED) is 0.431. The van der Waals surface area contributed by atoms with Gasteiger partial charge in [0.2, 0.25) is 5.91 Å². The first-order valence-electron chi connectivity index (χ1n) is 10.8. The van der Waals surface area contributed by atoms with E-state index in [-0.39, 0.29) is 18.8 Å². The molecule has 2 amide bonds. The number of amides is 2. The summed E-state index contributed by atoms with van der Waals surface area (Å²) in [5.41, 5.74) is 2.65. The number of carbonyl (C=O) groups is 2. The monoisotopic (exact) mass is 484 g/mol. The Bertz CT molecular complexity index is 1180. The maximum Gasteiger partial charge on any atom is 0.408 e. The first-order chi connectivity index (χ1) is 16.3. The SMILES string of the molecule is CS(=O)(=O)CCC(NC(=O)OCc1ccccc1)C(=O)NCCc1cnn(-c2ccccc2)c1. The molecular formula is C24H28N4O5S. The van der Waals surface area contributed by atoms with Gasteiger partial charge >= 0.3 is 6.09 Å². The highest BCUT2D eigenvalue weighted by atomic mass is 32.2. The minimum absolute atomic E-state index is 0.0402. The summed E-state index contributed by atoms with van der Waals surface area (Å²) < 4.78 is 30.1. The van der Waals surface area contributed by atoms with Gasteiger partial charge in [-0.1, -0.05) is 48.5 Å². The number of aromatic nitrogens is 2. The van der Waals surface area contributed by atoms with E-state index in [9.17, 15) is 18.0 Å². The van der Waals surface area contributed by atoms with Gasteiger partial charge in [-0.15, -0.1) is 0 Å². The Hall–Kier alpha value is -3.66. The number of hydrogen-bond donors (Lipinski definition) is 2. The van der Waals surface area contributed by atoms with Gasteiger partial charge in [0.25, 0.3) is 0 Å². The number of ether oxygens (including phenoxy) is 1.